The molecule has 102 valence electrons. The standard InChI is InChI=1S/C13H20ClNO2S/c1-2-3-4-10-18(16,17)11-9-15-13-7-5-12(14)6-8-13/h5-8,15H,2-4,9-11H2,1H3. The first-order chi connectivity index (χ1) is 8.53. The normalized spacial score (nSPS) is 11.4. The van der Waals surface area contributed by atoms with Crippen LogP contribution in [0, 0.1) is 0 Å². The van der Waals surface area contributed by atoms with Gasteiger partial charge in [-0.05, 0) is 30.7 Å². The SMILES string of the molecule is CCCCCS(=O)(=O)CCNc1ccc(Cl)cc1. The zero-order chi connectivity index (χ0) is 13.4. The van der Waals surface area contributed by atoms with Crippen molar-refractivity contribution in [2.24, 2.45) is 0 Å². The number of halogens is 1. The first-order valence-electron chi connectivity index (χ1n) is 6.23. The molecule has 0 aliphatic carbocycles. The molecule has 0 amide bonds. The molecule has 3 nitrogen and oxygen atoms in total. The Labute approximate surface area is 114 Å². The zero-order valence-corrected chi connectivity index (χ0v) is 12.2. The van der Waals surface area contributed by atoms with Crippen LogP contribution in [0.1, 0.15) is 26.2 Å². The van der Waals surface area contributed by atoms with Gasteiger partial charge in [-0.15, -0.1) is 0 Å². The predicted molar refractivity (Wildman–Crippen MR) is 78.1 cm³/mol. The molecule has 1 aromatic rings. The fourth-order valence-corrected chi connectivity index (χ4v) is 2.98. The van der Waals surface area contributed by atoms with Gasteiger partial charge in [0.1, 0.15) is 0 Å². The lowest BCUT2D eigenvalue weighted by Gasteiger charge is -2.07. The van der Waals surface area contributed by atoms with Gasteiger partial charge < -0.3 is 5.32 Å². The van der Waals surface area contributed by atoms with Crippen molar-refractivity contribution in [1.82, 2.24) is 0 Å². The molecule has 0 radical (unpaired) electrons. The molecule has 0 aliphatic rings. The first-order valence-corrected chi connectivity index (χ1v) is 8.43. The van der Waals surface area contributed by atoms with Gasteiger partial charge in [0, 0.05) is 17.3 Å². The number of hydrogen-bond donors (Lipinski definition) is 1. The van der Waals surface area contributed by atoms with Crippen molar-refractivity contribution in [3.05, 3.63) is 29.3 Å². The van der Waals surface area contributed by atoms with Gasteiger partial charge in [0.15, 0.2) is 9.84 Å². The van der Waals surface area contributed by atoms with Crippen LogP contribution in [0.5, 0.6) is 0 Å². The summed E-state index contributed by atoms with van der Waals surface area (Å²) >= 11 is 5.77. The molecule has 0 saturated heterocycles. The van der Waals surface area contributed by atoms with Crippen LogP contribution in [0.25, 0.3) is 0 Å². The van der Waals surface area contributed by atoms with E-state index in [9.17, 15) is 8.42 Å². The molecule has 0 heterocycles. The summed E-state index contributed by atoms with van der Waals surface area (Å²) in [4.78, 5) is 0. The summed E-state index contributed by atoms with van der Waals surface area (Å²) in [7, 11) is -2.92. The average molecular weight is 290 g/mol. The molecule has 0 spiro atoms. The third-order valence-corrected chi connectivity index (χ3v) is 4.63. The maximum absolute atomic E-state index is 11.7. The predicted octanol–water partition coefficient (Wildman–Crippen LogP) is 3.36. The highest BCUT2D eigenvalue weighted by molar-refractivity contribution is 7.91. The van der Waals surface area contributed by atoms with Crippen molar-refractivity contribution in [2.75, 3.05) is 23.4 Å². The van der Waals surface area contributed by atoms with Crippen molar-refractivity contribution >= 4 is 27.1 Å². The molecular formula is C13H20ClNO2S. The van der Waals surface area contributed by atoms with E-state index in [1.165, 1.54) is 0 Å². The Morgan fingerprint density at radius 3 is 2.39 bits per heavy atom. The summed E-state index contributed by atoms with van der Waals surface area (Å²) in [5.74, 6) is 0.475. The van der Waals surface area contributed by atoms with Crippen molar-refractivity contribution < 1.29 is 8.42 Å². The van der Waals surface area contributed by atoms with Crippen LogP contribution in [-0.4, -0.2) is 26.5 Å². The van der Waals surface area contributed by atoms with Crippen molar-refractivity contribution in [3.8, 4) is 0 Å². The minimum Gasteiger partial charge on any atom is -0.384 e. The summed E-state index contributed by atoms with van der Waals surface area (Å²) in [6.07, 6.45) is 2.78. The summed E-state index contributed by atoms with van der Waals surface area (Å²) in [5, 5.41) is 3.75. The summed E-state index contributed by atoms with van der Waals surface area (Å²) in [5.41, 5.74) is 0.892. The molecule has 0 saturated carbocycles. The molecule has 0 aliphatic heterocycles. The van der Waals surface area contributed by atoms with Gasteiger partial charge in [-0.25, -0.2) is 8.42 Å². The van der Waals surface area contributed by atoms with E-state index in [0.29, 0.717) is 17.3 Å². The quantitative estimate of drug-likeness (QED) is 0.747. The number of benzene rings is 1. The van der Waals surface area contributed by atoms with Gasteiger partial charge in [-0.3, -0.25) is 0 Å². The van der Waals surface area contributed by atoms with Gasteiger partial charge in [0.2, 0.25) is 0 Å². The number of hydrogen-bond acceptors (Lipinski definition) is 3. The highest BCUT2D eigenvalue weighted by atomic mass is 35.5. The van der Waals surface area contributed by atoms with Crippen LogP contribution >= 0.6 is 11.6 Å². The zero-order valence-electron chi connectivity index (χ0n) is 10.7. The molecule has 0 bridgehead atoms. The fraction of sp³-hybridized carbons (Fsp3) is 0.538. The molecule has 1 N–H and O–H groups in total. The Bertz CT molecular complexity index is 443. The third kappa shape index (κ3) is 6.26. The minimum atomic E-state index is -2.92. The van der Waals surface area contributed by atoms with E-state index in [1.54, 1.807) is 12.1 Å². The smallest absolute Gasteiger partial charge is 0.152 e. The van der Waals surface area contributed by atoms with E-state index in [2.05, 4.69) is 12.2 Å². The van der Waals surface area contributed by atoms with Gasteiger partial charge in [0.05, 0.1) is 11.5 Å². The Morgan fingerprint density at radius 2 is 1.78 bits per heavy atom. The second kappa shape index (κ2) is 7.64. The topological polar surface area (TPSA) is 46.2 Å². The van der Waals surface area contributed by atoms with Crippen LogP contribution in [0.4, 0.5) is 5.69 Å². The fourth-order valence-electron chi connectivity index (χ4n) is 1.59. The van der Waals surface area contributed by atoms with Gasteiger partial charge in [-0.1, -0.05) is 31.4 Å². The second-order valence-electron chi connectivity index (χ2n) is 4.29. The Morgan fingerprint density at radius 1 is 1.11 bits per heavy atom. The van der Waals surface area contributed by atoms with Crippen LogP contribution in [0.3, 0.4) is 0 Å². The number of anilines is 1. The molecule has 0 aromatic heterocycles. The third-order valence-electron chi connectivity index (χ3n) is 2.65. The molecule has 1 aromatic carbocycles. The summed E-state index contributed by atoms with van der Waals surface area (Å²) in [6, 6.07) is 7.23. The average Bonchev–Trinajstić information content (AvgIpc) is 2.32. The van der Waals surface area contributed by atoms with Crippen molar-refractivity contribution in [3.63, 3.8) is 0 Å². The summed E-state index contributed by atoms with van der Waals surface area (Å²) < 4.78 is 23.4. The molecule has 1 rings (SSSR count). The van der Waals surface area contributed by atoms with E-state index in [0.717, 1.165) is 24.9 Å². The Hall–Kier alpha value is -0.740. The van der Waals surface area contributed by atoms with E-state index < -0.39 is 9.84 Å². The van der Waals surface area contributed by atoms with Gasteiger partial charge in [0.25, 0.3) is 0 Å². The molecule has 0 fully saturated rings. The van der Waals surface area contributed by atoms with Crippen LogP contribution in [0.15, 0.2) is 24.3 Å². The number of sulfone groups is 1. The molecular weight excluding hydrogens is 270 g/mol. The van der Waals surface area contributed by atoms with Crippen LogP contribution in [-0.2, 0) is 9.84 Å². The Kier molecular flexibility index (Phi) is 6.50. The van der Waals surface area contributed by atoms with Crippen molar-refractivity contribution in [2.45, 2.75) is 26.2 Å². The minimum absolute atomic E-state index is 0.180. The van der Waals surface area contributed by atoms with Crippen LogP contribution in [0.2, 0.25) is 5.02 Å². The van der Waals surface area contributed by atoms with E-state index in [1.807, 2.05) is 12.1 Å². The lowest BCUT2D eigenvalue weighted by molar-refractivity contribution is 0.591. The van der Waals surface area contributed by atoms with E-state index >= 15 is 0 Å². The van der Waals surface area contributed by atoms with E-state index in [-0.39, 0.29) is 5.75 Å². The highest BCUT2D eigenvalue weighted by Crippen LogP contribution is 2.13. The first kappa shape index (κ1) is 15.3. The number of unbranched alkanes of at least 4 members (excludes halogenated alkanes) is 2. The lowest BCUT2D eigenvalue weighted by Crippen LogP contribution is -2.18. The second-order valence-corrected chi connectivity index (χ2v) is 7.03. The maximum Gasteiger partial charge on any atom is 0.152 e. The number of nitrogens with one attached hydrogen (secondary N) is 1. The van der Waals surface area contributed by atoms with E-state index in [4.69, 9.17) is 11.6 Å². The van der Waals surface area contributed by atoms with Crippen molar-refractivity contribution in [1.29, 1.82) is 0 Å². The maximum atomic E-state index is 11.7. The molecule has 5 heteroatoms. The van der Waals surface area contributed by atoms with Gasteiger partial charge >= 0.3 is 0 Å². The molecule has 18 heavy (non-hydrogen) atoms. The monoisotopic (exact) mass is 289 g/mol. The molecule has 0 atom stereocenters. The Balaban J connectivity index is 2.30. The summed E-state index contributed by atoms with van der Waals surface area (Å²) in [6.45, 7) is 2.50. The van der Waals surface area contributed by atoms with Gasteiger partial charge in [-0.2, -0.15) is 0 Å². The highest BCUT2D eigenvalue weighted by Gasteiger charge is 2.09. The van der Waals surface area contributed by atoms with Crippen LogP contribution < -0.4 is 5.32 Å². The lowest BCUT2D eigenvalue weighted by atomic mass is 10.3. The largest absolute Gasteiger partial charge is 0.384 e. The number of rotatable bonds is 8. The molecule has 0 unspecified atom stereocenters.